The minimum absolute atomic E-state index is 0.109. The number of carbonyl (C=O) groups is 3. The number of hydrogen-bond acceptors (Lipinski definition) is 5. The van der Waals surface area contributed by atoms with E-state index >= 15 is 0 Å². The fourth-order valence-corrected chi connectivity index (χ4v) is 4.05. The Balaban J connectivity index is 1.40. The second-order valence-corrected chi connectivity index (χ2v) is 8.51. The number of anilines is 1. The van der Waals surface area contributed by atoms with Gasteiger partial charge in [0.05, 0.1) is 12.1 Å². The largest absolute Gasteiger partial charge is 0.457 e. The first-order valence-electron chi connectivity index (χ1n) is 11.7. The summed E-state index contributed by atoms with van der Waals surface area (Å²) >= 11 is 0. The van der Waals surface area contributed by atoms with E-state index < -0.39 is 12.0 Å². The maximum Gasteiger partial charge on any atom is 0.338 e. The lowest BCUT2D eigenvalue weighted by atomic mass is 10.1. The van der Waals surface area contributed by atoms with Crippen molar-refractivity contribution >= 4 is 23.5 Å². The van der Waals surface area contributed by atoms with Gasteiger partial charge >= 0.3 is 5.97 Å². The molecule has 7 heteroatoms. The van der Waals surface area contributed by atoms with E-state index in [2.05, 4.69) is 5.32 Å². The third kappa shape index (κ3) is 6.13. The molecule has 4 rings (SSSR count). The monoisotopic (exact) mass is 471 g/mol. The maximum atomic E-state index is 13.3. The van der Waals surface area contributed by atoms with Crippen molar-refractivity contribution in [1.82, 2.24) is 10.2 Å². The van der Waals surface area contributed by atoms with Crippen LogP contribution in [0.5, 0.6) is 0 Å². The number of carbonyl (C=O) groups excluding carboxylic acids is 3. The van der Waals surface area contributed by atoms with Crippen molar-refractivity contribution in [2.75, 3.05) is 31.6 Å². The highest BCUT2D eigenvalue weighted by Crippen LogP contribution is 2.22. The van der Waals surface area contributed by atoms with Crippen LogP contribution >= 0.6 is 0 Å². The zero-order chi connectivity index (χ0) is 24.6. The third-order valence-electron chi connectivity index (χ3n) is 6.03. The molecule has 0 aromatic heterocycles. The molecule has 3 aromatic rings. The van der Waals surface area contributed by atoms with E-state index in [1.807, 2.05) is 48.5 Å². The average molecular weight is 472 g/mol. The molecular weight excluding hydrogens is 442 g/mol. The van der Waals surface area contributed by atoms with E-state index in [4.69, 9.17) is 4.74 Å². The zero-order valence-corrected chi connectivity index (χ0v) is 19.7. The third-order valence-corrected chi connectivity index (χ3v) is 6.03. The Morgan fingerprint density at radius 2 is 1.60 bits per heavy atom. The van der Waals surface area contributed by atoms with E-state index in [9.17, 15) is 14.4 Å². The van der Waals surface area contributed by atoms with Gasteiger partial charge in [-0.2, -0.15) is 0 Å². The van der Waals surface area contributed by atoms with Gasteiger partial charge in [0.25, 0.3) is 0 Å². The molecule has 1 heterocycles. The molecule has 35 heavy (non-hydrogen) atoms. The minimum Gasteiger partial charge on any atom is -0.457 e. The van der Waals surface area contributed by atoms with Crippen LogP contribution in [0.25, 0.3) is 0 Å². The topological polar surface area (TPSA) is 79.0 Å². The molecule has 0 bridgehead atoms. The van der Waals surface area contributed by atoms with E-state index in [1.165, 1.54) is 0 Å². The van der Waals surface area contributed by atoms with E-state index in [0.717, 1.165) is 17.5 Å². The van der Waals surface area contributed by atoms with Gasteiger partial charge in [-0.15, -0.1) is 0 Å². The predicted octanol–water partition coefficient (Wildman–Crippen LogP) is 3.05. The standard InChI is InChI=1S/C28H29N3O4/c1-30(17-16-21-8-4-2-5-9-21)27(33)25-18-29-19-26(32)31(25)24-14-12-22(13-15-24)20-35-28(34)23-10-6-3-7-11-23/h2-15,25,29H,16-20H2,1H3/t25-/m1/s1. The second kappa shape index (κ2) is 11.4. The van der Waals surface area contributed by atoms with Crippen molar-refractivity contribution in [2.45, 2.75) is 19.1 Å². The van der Waals surface area contributed by atoms with Crippen molar-refractivity contribution in [2.24, 2.45) is 0 Å². The highest BCUT2D eigenvalue weighted by molar-refractivity contribution is 6.02. The molecule has 180 valence electrons. The Morgan fingerprint density at radius 1 is 0.943 bits per heavy atom. The summed E-state index contributed by atoms with van der Waals surface area (Å²) in [6.45, 7) is 1.24. The van der Waals surface area contributed by atoms with Crippen LogP contribution in [0.15, 0.2) is 84.9 Å². The molecule has 0 radical (unpaired) electrons. The van der Waals surface area contributed by atoms with Crippen LogP contribution in [-0.4, -0.2) is 55.4 Å². The van der Waals surface area contributed by atoms with E-state index in [0.29, 0.717) is 24.3 Å². The highest BCUT2D eigenvalue weighted by Gasteiger charge is 2.35. The fourth-order valence-electron chi connectivity index (χ4n) is 4.05. The van der Waals surface area contributed by atoms with Crippen LogP contribution in [0, 0.1) is 0 Å². The van der Waals surface area contributed by atoms with Crippen LogP contribution < -0.4 is 10.2 Å². The summed E-state index contributed by atoms with van der Waals surface area (Å²) in [7, 11) is 1.77. The number of nitrogens with zero attached hydrogens (tertiary/aromatic N) is 2. The maximum absolute atomic E-state index is 13.3. The quantitative estimate of drug-likeness (QED) is 0.511. The Labute approximate surface area is 205 Å². The Bertz CT molecular complexity index is 1150. The lowest BCUT2D eigenvalue weighted by Gasteiger charge is -2.37. The van der Waals surface area contributed by atoms with Crippen LogP contribution in [0.4, 0.5) is 5.69 Å². The van der Waals surface area contributed by atoms with Gasteiger partial charge in [-0.3, -0.25) is 14.5 Å². The summed E-state index contributed by atoms with van der Waals surface area (Å²) in [4.78, 5) is 41.5. The summed E-state index contributed by atoms with van der Waals surface area (Å²) < 4.78 is 5.38. The van der Waals surface area contributed by atoms with Gasteiger partial charge in [-0.05, 0) is 41.8 Å². The second-order valence-electron chi connectivity index (χ2n) is 8.51. The number of amides is 2. The first-order valence-corrected chi connectivity index (χ1v) is 11.7. The molecule has 0 unspecified atom stereocenters. The number of piperazine rings is 1. The van der Waals surface area contributed by atoms with Gasteiger partial charge in [0.2, 0.25) is 11.8 Å². The van der Waals surface area contributed by atoms with Crippen molar-refractivity contribution in [3.63, 3.8) is 0 Å². The first kappa shape index (κ1) is 24.2. The van der Waals surface area contributed by atoms with E-state index in [1.54, 1.807) is 53.2 Å². The molecule has 2 amide bonds. The van der Waals surface area contributed by atoms with Crippen LogP contribution in [-0.2, 0) is 27.4 Å². The molecule has 1 saturated heterocycles. The lowest BCUT2D eigenvalue weighted by molar-refractivity contribution is -0.134. The van der Waals surface area contributed by atoms with Crippen molar-refractivity contribution in [1.29, 1.82) is 0 Å². The number of rotatable bonds is 8. The molecular formula is C28H29N3O4. The number of likely N-dealkylation sites (N-methyl/N-ethyl adjacent to an activating group) is 1. The van der Waals surface area contributed by atoms with Crippen LogP contribution in [0.3, 0.4) is 0 Å². The number of ether oxygens (including phenoxy) is 1. The van der Waals surface area contributed by atoms with Gasteiger partial charge < -0.3 is 15.0 Å². The summed E-state index contributed by atoms with van der Waals surface area (Å²) in [6, 6.07) is 25.4. The zero-order valence-electron chi connectivity index (χ0n) is 19.7. The molecule has 0 aliphatic carbocycles. The van der Waals surface area contributed by atoms with Gasteiger partial charge in [0.15, 0.2) is 0 Å². The summed E-state index contributed by atoms with van der Waals surface area (Å²) in [6.07, 6.45) is 0.744. The fraction of sp³-hybridized carbons (Fsp3) is 0.250. The number of benzene rings is 3. The molecule has 3 aromatic carbocycles. The Morgan fingerprint density at radius 3 is 2.29 bits per heavy atom. The minimum atomic E-state index is -0.626. The summed E-state index contributed by atoms with van der Waals surface area (Å²) in [5, 5.41) is 3.06. The molecule has 1 atom stereocenters. The highest BCUT2D eigenvalue weighted by atomic mass is 16.5. The number of esters is 1. The molecule has 1 aliphatic rings. The van der Waals surface area contributed by atoms with Gasteiger partial charge in [-0.25, -0.2) is 4.79 Å². The smallest absolute Gasteiger partial charge is 0.338 e. The van der Waals surface area contributed by atoms with Gasteiger partial charge in [-0.1, -0.05) is 60.7 Å². The van der Waals surface area contributed by atoms with Crippen LogP contribution in [0.1, 0.15) is 21.5 Å². The predicted molar refractivity (Wildman–Crippen MR) is 134 cm³/mol. The van der Waals surface area contributed by atoms with Crippen molar-refractivity contribution in [3.05, 3.63) is 102 Å². The van der Waals surface area contributed by atoms with Gasteiger partial charge in [0, 0.05) is 25.8 Å². The Hall–Kier alpha value is -3.97. The molecule has 1 N–H and O–H groups in total. The normalized spacial score (nSPS) is 15.5. The van der Waals surface area contributed by atoms with Crippen molar-refractivity contribution in [3.8, 4) is 0 Å². The molecule has 0 spiro atoms. The van der Waals surface area contributed by atoms with Crippen molar-refractivity contribution < 1.29 is 19.1 Å². The molecule has 7 nitrogen and oxygen atoms in total. The lowest BCUT2D eigenvalue weighted by Crippen LogP contribution is -2.61. The summed E-state index contributed by atoms with van der Waals surface area (Å²) in [5.74, 6) is -0.659. The molecule has 1 fully saturated rings. The summed E-state index contributed by atoms with van der Waals surface area (Å²) in [5.41, 5.74) is 3.09. The number of nitrogens with one attached hydrogen (secondary N) is 1. The molecule has 0 saturated carbocycles. The van der Waals surface area contributed by atoms with E-state index in [-0.39, 0.29) is 25.0 Å². The first-order chi connectivity index (χ1) is 17.0. The SMILES string of the molecule is CN(CCc1ccccc1)C(=O)[C@H]1CNCC(=O)N1c1ccc(COC(=O)c2ccccc2)cc1. The van der Waals surface area contributed by atoms with Crippen LogP contribution in [0.2, 0.25) is 0 Å². The Kier molecular flexibility index (Phi) is 7.90. The average Bonchev–Trinajstić information content (AvgIpc) is 2.91. The van der Waals surface area contributed by atoms with Gasteiger partial charge in [0.1, 0.15) is 12.6 Å². The molecule has 1 aliphatic heterocycles. The number of hydrogen-bond donors (Lipinski definition) is 1.